The van der Waals surface area contributed by atoms with E-state index in [1.807, 2.05) is 0 Å². The first-order valence-electron chi connectivity index (χ1n) is 8.34. The van der Waals surface area contributed by atoms with Crippen molar-refractivity contribution in [2.45, 2.75) is 32.5 Å². The molecule has 1 aromatic heterocycles. The number of aromatic nitrogens is 1. The number of rotatable bonds is 4. The van der Waals surface area contributed by atoms with Crippen LogP contribution in [0.15, 0.2) is 16.9 Å². The molecule has 138 valence electrons. The van der Waals surface area contributed by atoms with Crippen LogP contribution in [0.5, 0.6) is 0 Å². The number of ether oxygens (including phenoxy) is 1. The lowest BCUT2D eigenvalue weighted by Crippen LogP contribution is -2.59. The number of hydrogen-bond acceptors (Lipinski definition) is 4. The lowest BCUT2D eigenvalue weighted by atomic mass is 9.73. The summed E-state index contributed by atoms with van der Waals surface area (Å²) in [6.07, 6.45) is -2.69. The Balaban J connectivity index is 1.74. The summed E-state index contributed by atoms with van der Waals surface area (Å²) >= 11 is 0. The van der Waals surface area contributed by atoms with Crippen LogP contribution in [0.3, 0.4) is 0 Å². The first kappa shape index (κ1) is 18.1. The van der Waals surface area contributed by atoms with Gasteiger partial charge >= 0.3 is 6.18 Å². The Bertz CT molecular complexity index is 713. The van der Waals surface area contributed by atoms with Crippen LogP contribution in [-0.2, 0) is 17.5 Å². The van der Waals surface area contributed by atoms with Gasteiger partial charge in [-0.15, -0.1) is 0 Å². The molecule has 0 N–H and O–H groups in total. The van der Waals surface area contributed by atoms with Gasteiger partial charge in [-0.05, 0) is 31.9 Å². The highest BCUT2D eigenvalue weighted by Gasteiger charge is 2.43. The molecule has 1 aromatic rings. The number of ketones is 1. The molecular weight excluding hydrogens is 337 g/mol. The monoisotopic (exact) mass is 358 g/mol. The molecule has 2 fully saturated rings. The number of nitrogens with zero attached hydrogens (tertiary/aromatic N) is 2. The predicted molar refractivity (Wildman–Crippen MR) is 84.6 cm³/mol. The third-order valence-corrected chi connectivity index (χ3v) is 5.16. The van der Waals surface area contributed by atoms with Crippen LogP contribution in [-0.4, -0.2) is 48.1 Å². The second kappa shape index (κ2) is 6.57. The van der Waals surface area contributed by atoms with E-state index in [-0.39, 0.29) is 17.5 Å². The molecule has 25 heavy (non-hydrogen) atoms. The lowest BCUT2D eigenvalue weighted by molar-refractivity contribution is -0.144. The van der Waals surface area contributed by atoms with Crippen LogP contribution in [0.4, 0.5) is 13.2 Å². The molecule has 3 heterocycles. The Morgan fingerprint density at radius 2 is 1.84 bits per heavy atom. The second-order valence-corrected chi connectivity index (χ2v) is 6.97. The summed E-state index contributed by atoms with van der Waals surface area (Å²) in [5.41, 5.74) is -1.87. The molecule has 2 aliphatic heterocycles. The Morgan fingerprint density at radius 1 is 1.20 bits per heavy atom. The summed E-state index contributed by atoms with van der Waals surface area (Å²) < 4.78 is 45.6. The minimum Gasteiger partial charge on any atom is -0.381 e. The van der Waals surface area contributed by atoms with E-state index in [1.165, 1.54) is 6.92 Å². The predicted octanol–water partition coefficient (Wildman–Crippen LogP) is 2.18. The molecular formula is C17H21F3N2O3. The number of pyridine rings is 1. The van der Waals surface area contributed by atoms with E-state index < -0.39 is 23.2 Å². The Labute approximate surface area is 143 Å². The number of carbonyl (C=O) groups excluding carboxylic acids is 1. The van der Waals surface area contributed by atoms with Crippen molar-refractivity contribution in [2.24, 2.45) is 5.41 Å². The average molecular weight is 358 g/mol. The maximum atomic E-state index is 13.2. The number of likely N-dealkylation sites (tertiary alicyclic amines) is 1. The first-order chi connectivity index (χ1) is 11.7. The highest BCUT2D eigenvalue weighted by atomic mass is 19.4. The summed E-state index contributed by atoms with van der Waals surface area (Å²) in [4.78, 5) is 25.8. The minimum atomic E-state index is -4.63. The summed E-state index contributed by atoms with van der Waals surface area (Å²) in [6.45, 7) is 4.54. The fourth-order valence-electron chi connectivity index (χ4n) is 3.74. The quantitative estimate of drug-likeness (QED) is 0.775. The summed E-state index contributed by atoms with van der Waals surface area (Å²) in [6, 6.07) is 1.78. The van der Waals surface area contributed by atoms with Gasteiger partial charge in [-0.25, -0.2) is 0 Å². The van der Waals surface area contributed by atoms with Gasteiger partial charge in [0.15, 0.2) is 5.78 Å². The van der Waals surface area contributed by atoms with Crippen molar-refractivity contribution in [1.29, 1.82) is 0 Å². The van der Waals surface area contributed by atoms with Gasteiger partial charge in [-0.2, -0.15) is 13.2 Å². The molecule has 0 aliphatic carbocycles. The largest absolute Gasteiger partial charge is 0.431 e. The second-order valence-electron chi connectivity index (χ2n) is 6.97. The zero-order chi connectivity index (χ0) is 18.2. The maximum Gasteiger partial charge on any atom is 0.431 e. The number of Topliss-reactive ketones (excluding diaryl/α,β-unsaturated/α-hetero) is 1. The summed E-state index contributed by atoms with van der Waals surface area (Å²) in [7, 11) is 0. The van der Waals surface area contributed by atoms with Gasteiger partial charge in [0, 0.05) is 44.8 Å². The van der Waals surface area contributed by atoms with Crippen LogP contribution < -0.4 is 5.56 Å². The van der Waals surface area contributed by atoms with Crippen LogP contribution in [0.25, 0.3) is 0 Å². The standard InChI is InChI=1S/C17H21F3N2O3/c1-12(23)13-2-3-14(17(18,19)20)22(15(13)24)7-6-21-10-16(11-21)4-8-25-9-5-16/h2-3H,4-11H2,1H3. The van der Waals surface area contributed by atoms with Gasteiger partial charge in [0.2, 0.25) is 0 Å². The molecule has 3 rings (SSSR count). The third kappa shape index (κ3) is 3.64. The van der Waals surface area contributed by atoms with Crippen LogP contribution >= 0.6 is 0 Å². The van der Waals surface area contributed by atoms with Crippen molar-refractivity contribution in [3.8, 4) is 0 Å². The van der Waals surface area contributed by atoms with E-state index in [1.54, 1.807) is 0 Å². The maximum absolute atomic E-state index is 13.2. The molecule has 0 saturated carbocycles. The van der Waals surface area contributed by atoms with Gasteiger partial charge in [-0.3, -0.25) is 9.59 Å². The average Bonchev–Trinajstić information content (AvgIpc) is 2.51. The van der Waals surface area contributed by atoms with E-state index in [2.05, 4.69) is 4.90 Å². The SMILES string of the molecule is CC(=O)c1ccc(C(F)(F)F)n(CCN2CC3(CCOCC3)C2)c1=O. The number of hydrogen-bond donors (Lipinski definition) is 0. The lowest BCUT2D eigenvalue weighted by Gasteiger charge is -2.52. The zero-order valence-corrected chi connectivity index (χ0v) is 14.1. The van der Waals surface area contributed by atoms with Crippen molar-refractivity contribution in [1.82, 2.24) is 9.47 Å². The van der Waals surface area contributed by atoms with Crippen LogP contribution in [0.2, 0.25) is 0 Å². The molecule has 0 bridgehead atoms. The highest BCUT2D eigenvalue weighted by Crippen LogP contribution is 2.39. The molecule has 1 spiro atoms. The molecule has 5 nitrogen and oxygen atoms in total. The minimum absolute atomic E-state index is 0.0820. The molecule has 8 heteroatoms. The van der Waals surface area contributed by atoms with Gasteiger partial charge in [0.25, 0.3) is 5.56 Å². The topological polar surface area (TPSA) is 51.5 Å². The molecule has 2 saturated heterocycles. The molecule has 0 unspecified atom stereocenters. The highest BCUT2D eigenvalue weighted by molar-refractivity contribution is 5.93. The molecule has 0 aromatic carbocycles. The molecule has 0 radical (unpaired) electrons. The smallest absolute Gasteiger partial charge is 0.381 e. The fourth-order valence-corrected chi connectivity index (χ4v) is 3.74. The third-order valence-electron chi connectivity index (χ3n) is 5.16. The van der Waals surface area contributed by atoms with E-state index in [0.717, 1.165) is 51.3 Å². The van der Waals surface area contributed by atoms with Gasteiger partial charge in [-0.1, -0.05) is 0 Å². The van der Waals surface area contributed by atoms with Crippen molar-refractivity contribution in [2.75, 3.05) is 32.8 Å². The summed E-state index contributed by atoms with van der Waals surface area (Å²) in [5.74, 6) is -0.530. The van der Waals surface area contributed by atoms with Crippen molar-refractivity contribution >= 4 is 5.78 Å². The van der Waals surface area contributed by atoms with Gasteiger partial charge in [0.1, 0.15) is 5.69 Å². The van der Waals surface area contributed by atoms with E-state index in [9.17, 15) is 22.8 Å². The van der Waals surface area contributed by atoms with Gasteiger partial charge in [0.05, 0.1) is 5.56 Å². The molecule has 0 amide bonds. The van der Waals surface area contributed by atoms with Crippen LogP contribution in [0.1, 0.15) is 35.8 Å². The van der Waals surface area contributed by atoms with Gasteiger partial charge < -0.3 is 14.2 Å². The van der Waals surface area contributed by atoms with Crippen molar-refractivity contribution < 1.29 is 22.7 Å². The molecule has 2 aliphatic rings. The van der Waals surface area contributed by atoms with E-state index in [0.29, 0.717) is 11.1 Å². The zero-order valence-electron chi connectivity index (χ0n) is 14.1. The normalized spacial score (nSPS) is 20.5. The van der Waals surface area contributed by atoms with Crippen molar-refractivity contribution in [3.05, 3.63) is 33.7 Å². The van der Waals surface area contributed by atoms with Crippen molar-refractivity contribution in [3.63, 3.8) is 0 Å². The fraction of sp³-hybridized carbons (Fsp3) is 0.647. The van der Waals surface area contributed by atoms with E-state index >= 15 is 0 Å². The van der Waals surface area contributed by atoms with Crippen LogP contribution in [0, 0.1) is 5.41 Å². The Morgan fingerprint density at radius 3 is 2.40 bits per heavy atom. The first-order valence-corrected chi connectivity index (χ1v) is 8.34. The number of alkyl halides is 3. The molecule has 0 atom stereocenters. The Hall–Kier alpha value is -1.67. The summed E-state index contributed by atoms with van der Waals surface area (Å²) in [5, 5.41) is 0. The number of halogens is 3. The van der Waals surface area contributed by atoms with E-state index in [4.69, 9.17) is 4.74 Å². The number of carbonyl (C=O) groups is 1. The Kier molecular flexibility index (Phi) is 4.76.